The van der Waals surface area contributed by atoms with E-state index < -0.39 is 0 Å². The molecule has 3 N–H and O–H groups in total. The van der Waals surface area contributed by atoms with Gasteiger partial charge < -0.3 is 5.73 Å². The number of fused-ring (bicyclic) bond motifs is 1. The van der Waals surface area contributed by atoms with Crippen LogP contribution in [0.4, 0.5) is 0 Å². The molecule has 0 saturated carbocycles. The predicted molar refractivity (Wildman–Crippen MR) is 58.5 cm³/mol. The van der Waals surface area contributed by atoms with Crippen LogP contribution in [0.3, 0.4) is 0 Å². The molecule has 0 aliphatic rings. The lowest BCUT2D eigenvalue weighted by Crippen LogP contribution is -2.00. The number of aromatic amines is 1. The molecule has 0 saturated heterocycles. The number of aromatic nitrogens is 2. The first-order valence-electron chi connectivity index (χ1n) is 4.64. The lowest BCUT2D eigenvalue weighted by Gasteiger charge is -1.97. The molecule has 3 nitrogen and oxygen atoms in total. The smallest absolute Gasteiger partial charge is 0.0938 e. The number of hydrogen-bond donors (Lipinski definition) is 2. The lowest BCUT2D eigenvalue weighted by atomic mass is 10.1. The maximum Gasteiger partial charge on any atom is 0.0938 e. The van der Waals surface area contributed by atoms with Crippen molar-refractivity contribution in [1.29, 1.82) is 0 Å². The van der Waals surface area contributed by atoms with Crippen LogP contribution >= 0.6 is 11.6 Å². The van der Waals surface area contributed by atoms with Gasteiger partial charge in [0.15, 0.2) is 0 Å². The van der Waals surface area contributed by atoms with Gasteiger partial charge in [0.1, 0.15) is 0 Å². The number of H-pyrrole nitrogens is 1. The Labute approximate surface area is 87.2 Å². The van der Waals surface area contributed by atoms with E-state index in [0.717, 1.165) is 34.5 Å². The molecule has 0 spiro atoms. The van der Waals surface area contributed by atoms with Gasteiger partial charge in [0.25, 0.3) is 0 Å². The van der Waals surface area contributed by atoms with E-state index in [4.69, 9.17) is 17.3 Å². The molecule has 0 atom stereocenters. The number of nitrogens with one attached hydrogen (secondary N) is 1. The number of hydrogen-bond acceptors (Lipinski definition) is 2. The summed E-state index contributed by atoms with van der Waals surface area (Å²) < 4.78 is 0. The fraction of sp³-hybridized carbons (Fsp3) is 0.300. The molecule has 0 bridgehead atoms. The maximum absolute atomic E-state index is 6.09. The van der Waals surface area contributed by atoms with E-state index in [1.54, 1.807) is 0 Å². The van der Waals surface area contributed by atoms with Gasteiger partial charge in [-0.15, -0.1) is 0 Å². The van der Waals surface area contributed by atoms with Gasteiger partial charge in [-0.1, -0.05) is 17.7 Å². The number of nitrogens with two attached hydrogens (primary N) is 1. The van der Waals surface area contributed by atoms with Crippen molar-refractivity contribution in [3.8, 4) is 0 Å². The second kappa shape index (κ2) is 3.98. The highest BCUT2D eigenvalue weighted by molar-refractivity contribution is 6.35. The van der Waals surface area contributed by atoms with Gasteiger partial charge in [0.2, 0.25) is 0 Å². The summed E-state index contributed by atoms with van der Waals surface area (Å²) in [5.74, 6) is 0. The second-order valence-electron chi connectivity index (χ2n) is 3.23. The average Bonchev–Trinajstić information content (AvgIpc) is 2.59. The van der Waals surface area contributed by atoms with Crippen LogP contribution in [-0.4, -0.2) is 16.7 Å². The summed E-state index contributed by atoms with van der Waals surface area (Å²) in [6.07, 6.45) is 1.85. The Morgan fingerprint density at radius 3 is 3.07 bits per heavy atom. The van der Waals surface area contributed by atoms with E-state index in [2.05, 4.69) is 10.2 Å². The Hall–Kier alpha value is -1.06. The van der Waals surface area contributed by atoms with E-state index in [1.807, 2.05) is 18.2 Å². The zero-order valence-corrected chi connectivity index (χ0v) is 8.51. The molecule has 74 valence electrons. The number of nitrogens with zero attached hydrogens (tertiary/aromatic N) is 1. The molecule has 0 unspecified atom stereocenters. The van der Waals surface area contributed by atoms with Gasteiger partial charge in [-0.05, 0) is 31.5 Å². The number of benzene rings is 1. The maximum atomic E-state index is 6.09. The van der Waals surface area contributed by atoms with Crippen LogP contribution in [-0.2, 0) is 6.42 Å². The Balaban J connectivity index is 2.45. The van der Waals surface area contributed by atoms with Crippen LogP contribution in [0, 0.1) is 0 Å². The summed E-state index contributed by atoms with van der Waals surface area (Å²) in [5, 5.41) is 8.96. The molecule has 1 heterocycles. The third kappa shape index (κ3) is 1.61. The van der Waals surface area contributed by atoms with E-state index in [0.29, 0.717) is 6.54 Å². The van der Waals surface area contributed by atoms with Crippen molar-refractivity contribution in [3.63, 3.8) is 0 Å². The van der Waals surface area contributed by atoms with Gasteiger partial charge in [-0.25, -0.2) is 0 Å². The van der Waals surface area contributed by atoms with Crippen molar-refractivity contribution < 1.29 is 0 Å². The van der Waals surface area contributed by atoms with Gasteiger partial charge in [-0.2, -0.15) is 5.10 Å². The largest absolute Gasteiger partial charge is 0.330 e. The highest BCUT2D eigenvalue weighted by Gasteiger charge is 2.07. The standard InChI is InChI=1S/C10H12ClN3/c11-7-3-1-4-8-10(7)9(14-13-8)5-2-6-12/h1,3-4H,2,5-6,12H2,(H,13,14). The summed E-state index contributed by atoms with van der Waals surface area (Å²) in [7, 11) is 0. The van der Waals surface area contributed by atoms with Crippen molar-refractivity contribution in [1.82, 2.24) is 10.2 Å². The fourth-order valence-electron chi connectivity index (χ4n) is 1.55. The summed E-state index contributed by atoms with van der Waals surface area (Å²) in [6.45, 7) is 0.685. The summed E-state index contributed by atoms with van der Waals surface area (Å²) >= 11 is 6.09. The van der Waals surface area contributed by atoms with Crippen LogP contribution < -0.4 is 5.73 Å². The molecule has 0 aliphatic carbocycles. The van der Waals surface area contributed by atoms with Crippen LogP contribution in [0.1, 0.15) is 12.1 Å². The van der Waals surface area contributed by atoms with Crippen LogP contribution in [0.5, 0.6) is 0 Å². The predicted octanol–water partition coefficient (Wildman–Crippen LogP) is 2.11. The summed E-state index contributed by atoms with van der Waals surface area (Å²) in [6, 6.07) is 5.73. The first-order chi connectivity index (χ1) is 6.83. The Kier molecular flexibility index (Phi) is 2.70. The Bertz CT molecular complexity index is 436. The summed E-state index contributed by atoms with van der Waals surface area (Å²) in [5.41, 5.74) is 7.46. The zero-order valence-electron chi connectivity index (χ0n) is 7.76. The molecular formula is C10H12ClN3. The molecular weight excluding hydrogens is 198 g/mol. The van der Waals surface area contributed by atoms with Crippen molar-refractivity contribution in [2.45, 2.75) is 12.8 Å². The van der Waals surface area contributed by atoms with E-state index in [1.165, 1.54) is 0 Å². The lowest BCUT2D eigenvalue weighted by molar-refractivity contribution is 0.808. The van der Waals surface area contributed by atoms with Crippen molar-refractivity contribution in [2.75, 3.05) is 6.54 Å². The average molecular weight is 210 g/mol. The zero-order chi connectivity index (χ0) is 9.97. The van der Waals surface area contributed by atoms with E-state index >= 15 is 0 Å². The molecule has 0 aliphatic heterocycles. The topological polar surface area (TPSA) is 54.7 Å². The fourth-order valence-corrected chi connectivity index (χ4v) is 1.83. The number of halogens is 1. The van der Waals surface area contributed by atoms with Crippen LogP contribution in [0.15, 0.2) is 18.2 Å². The normalized spacial score (nSPS) is 11.0. The monoisotopic (exact) mass is 209 g/mol. The third-order valence-electron chi connectivity index (χ3n) is 2.24. The van der Waals surface area contributed by atoms with Crippen LogP contribution in [0.2, 0.25) is 5.02 Å². The molecule has 4 heteroatoms. The SMILES string of the molecule is NCCCc1[nH]nc2cccc(Cl)c12. The minimum absolute atomic E-state index is 0.685. The molecule has 0 amide bonds. The Morgan fingerprint density at radius 1 is 1.43 bits per heavy atom. The molecule has 1 aromatic heterocycles. The molecule has 2 rings (SSSR count). The molecule has 2 aromatic rings. The van der Waals surface area contributed by atoms with E-state index in [9.17, 15) is 0 Å². The van der Waals surface area contributed by atoms with Crippen molar-refractivity contribution >= 4 is 22.5 Å². The first kappa shape index (κ1) is 9.49. The van der Waals surface area contributed by atoms with Gasteiger partial charge in [-0.3, -0.25) is 5.10 Å². The Morgan fingerprint density at radius 2 is 2.29 bits per heavy atom. The number of rotatable bonds is 3. The molecule has 0 radical (unpaired) electrons. The van der Waals surface area contributed by atoms with Gasteiger partial charge >= 0.3 is 0 Å². The van der Waals surface area contributed by atoms with Crippen molar-refractivity contribution in [3.05, 3.63) is 28.9 Å². The highest BCUT2D eigenvalue weighted by Crippen LogP contribution is 2.25. The quantitative estimate of drug-likeness (QED) is 0.814. The van der Waals surface area contributed by atoms with Gasteiger partial charge in [0, 0.05) is 11.1 Å². The molecule has 1 aromatic carbocycles. The third-order valence-corrected chi connectivity index (χ3v) is 2.55. The van der Waals surface area contributed by atoms with E-state index in [-0.39, 0.29) is 0 Å². The van der Waals surface area contributed by atoms with Crippen LogP contribution in [0.25, 0.3) is 10.9 Å². The minimum Gasteiger partial charge on any atom is -0.330 e. The highest BCUT2D eigenvalue weighted by atomic mass is 35.5. The minimum atomic E-state index is 0.685. The molecule has 14 heavy (non-hydrogen) atoms. The number of aryl methyl sites for hydroxylation is 1. The second-order valence-corrected chi connectivity index (χ2v) is 3.64. The summed E-state index contributed by atoms with van der Waals surface area (Å²) in [4.78, 5) is 0. The van der Waals surface area contributed by atoms with Crippen molar-refractivity contribution in [2.24, 2.45) is 5.73 Å². The first-order valence-corrected chi connectivity index (χ1v) is 5.02. The van der Waals surface area contributed by atoms with Gasteiger partial charge in [0.05, 0.1) is 10.5 Å². The molecule has 0 fully saturated rings.